The van der Waals surface area contributed by atoms with Crippen molar-refractivity contribution in [1.82, 2.24) is 25.1 Å². The Balaban J connectivity index is 1.45. The second kappa shape index (κ2) is 24.3. The molecule has 12 nitrogen and oxygen atoms in total. The van der Waals surface area contributed by atoms with Gasteiger partial charge in [0.1, 0.15) is 13.5 Å². The molecule has 2 saturated heterocycles. The van der Waals surface area contributed by atoms with Crippen molar-refractivity contribution < 1.29 is 19.1 Å². The first-order valence-corrected chi connectivity index (χ1v) is 26.2. The molecule has 4 fully saturated rings. The number of nitrogens with one attached hydrogen (secondary N) is 2. The smallest absolute Gasteiger partial charge is 0.235 e. The molecule has 2 N–H and O–H groups in total. The number of rotatable bonds is 25. The zero-order chi connectivity index (χ0) is 45.7. The number of nitrogens with zero attached hydrogens (tertiary/aromatic N) is 6. The molecular formula is C51H96N8O4. The maximum atomic E-state index is 6.93. The van der Waals surface area contributed by atoms with E-state index in [9.17, 15) is 0 Å². The Kier molecular flexibility index (Phi) is 20.1. The summed E-state index contributed by atoms with van der Waals surface area (Å²) in [4.78, 5) is 31.6. The summed E-state index contributed by atoms with van der Waals surface area (Å²) in [5, 5.41) is 12.7. The Morgan fingerprint density at radius 3 is 1.24 bits per heavy atom. The predicted molar refractivity (Wildman–Crippen MR) is 260 cm³/mol. The molecule has 2 atom stereocenters. The van der Waals surface area contributed by atoms with E-state index in [0.29, 0.717) is 68.6 Å². The maximum Gasteiger partial charge on any atom is 0.235 e. The van der Waals surface area contributed by atoms with E-state index in [1.807, 2.05) is 4.90 Å². The van der Waals surface area contributed by atoms with Gasteiger partial charge in [0, 0.05) is 47.5 Å². The van der Waals surface area contributed by atoms with Crippen molar-refractivity contribution in [3.8, 4) is 0 Å². The summed E-state index contributed by atoms with van der Waals surface area (Å²) in [6.45, 7) is 30.1. The number of piperidine rings is 2. The molecule has 0 aromatic carbocycles. The fraction of sp³-hybridized carbons (Fsp3) is 0.941. The molecule has 63 heavy (non-hydrogen) atoms. The molecule has 12 heteroatoms. The molecule has 1 aromatic heterocycles. The van der Waals surface area contributed by atoms with Crippen LogP contribution in [0.3, 0.4) is 0 Å². The first-order valence-electron chi connectivity index (χ1n) is 26.2. The largest absolute Gasteiger partial charge is 0.361 e. The molecule has 2 unspecified atom stereocenters. The molecule has 0 spiro atoms. The van der Waals surface area contributed by atoms with Gasteiger partial charge in [-0.15, -0.1) is 0 Å². The molecule has 3 heterocycles. The van der Waals surface area contributed by atoms with Gasteiger partial charge in [-0.2, -0.15) is 25.1 Å². The van der Waals surface area contributed by atoms with Crippen molar-refractivity contribution >= 4 is 17.8 Å². The highest BCUT2D eigenvalue weighted by Gasteiger charge is 2.51. The van der Waals surface area contributed by atoms with Gasteiger partial charge in [-0.05, 0) is 144 Å². The zero-order valence-corrected chi connectivity index (χ0v) is 42.7. The summed E-state index contributed by atoms with van der Waals surface area (Å²) in [5.41, 5.74) is -0.488. The molecule has 4 aliphatic rings. The Morgan fingerprint density at radius 1 is 0.540 bits per heavy atom. The number of unbranched alkanes of at least 4 members (excludes halogenated alkanes) is 2. The lowest BCUT2D eigenvalue weighted by Crippen LogP contribution is -2.63. The van der Waals surface area contributed by atoms with E-state index in [2.05, 4.69) is 104 Å². The van der Waals surface area contributed by atoms with Crippen molar-refractivity contribution in [2.45, 2.75) is 271 Å². The Morgan fingerprint density at radius 2 is 0.905 bits per heavy atom. The summed E-state index contributed by atoms with van der Waals surface area (Å²) in [6.07, 6.45) is 25.5. The van der Waals surface area contributed by atoms with Gasteiger partial charge in [0.2, 0.25) is 17.8 Å². The predicted octanol–water partition coefficient (Wildman–Crippen LogP) is 12.5. The molecule has 0 radical (unpaired) electrons. The van der Waals surface area contributed by atoms with E-state index < -0.39 is 0 Å². The monoisotopic (exact) mass is 885 g/mol. The van der Waals surface area contributed by atoms with Crippen LogP contribution in [0.15, 0.2) is 0 Å². The van der Waals surface area contributed by atoms with Crippen LogP contribution in [0.5, 0.6) is 0 Å². The third kappa shape index (κ3) is 15.1. The van der Waals surface area contributed by atoms with Gasteiger partial charge in [-0.3, -0.25) is 14.6 Å². The fourth-order valence-corrected chi connectivity index (χ4v) is 11.9. The number of hydroxylamine groups is 4. The van der Waals surface area contributed by atoms with Crippen LogP contribution in [0.4, 0.5) is 17.8 Å². The summed E-state index contributed by atoms with van der Waals surface area (Å²) in [7, 11) is 0. The molecule has 0 bridgehead atoms. The van der Waals surface area contributed by atoms with E-state index in [4.69, 9.17) is 34.1 Å². The van der Waals surface area contributed by atoms with Gasteiger partial charge < -0.3 is 20.1 Å². The minimum atomic E-state index is -0.122. The minimum Gasteiger partial charge on any atom is -0.361 e. The Bertz CT molecular complexity index is 1330. The minimum absolute atomic E-state index is 0.122. The summed E-state index contributed by atoms with van der Waals surface area (Å²) >= 11 is 0. The zero-order valence-electron chi connectivity index (χ0n) is 42.7. The maximum absolute atomic E-state index is 6.93. The van der Waals surface area contributed by atoms with Crippen molar-refractivity contribution in [2.24, 2.45) is 11.8 Å². The highest BCUT2D eigenvalue weighted by molar-refractivity contribution is 5.45. The van der Waals surface area contributed by atoms with Crippen molar-refractivity contribution in [3.05, 3.63) is 0 Å². The van der Waals surface area contributed by atoms with E-state index >= 15 is 0 Å². The lowest BCUT2D eigenvalue weighted by molar-refractivity contribution is -0.314. The second-order valence-corrected chi connectivity index (χ2v) is 22.6. The lowest BCUT2D eigenvalue weighted by atomic mass is 9.71. The van der Waals surface area contributed by atoms with Crippen LogP contribution in [0, 0.1) is 11.8 Å². The molecule has 364 valence electrons. The van der Waals surface area contributed by atoms with Crippen molar-refractivity contribution in [2.75, 3.05) is 42.2 Å². The summed E-state index contributed by atoms with van der Waals surface area (Å²) < 4.78 is 12.5. The molecule has 2 saturated carbocycles. The standard InChI is InChI=1S/C51H96N8O4/c1-13-17-31-60-37-57(38-61-32-18-14-2)47-55-45(52-43(25-15-3)39-33-48(5,6)58(49(7,8)34-39)62-41-27-21-19-22-28-41)54-46(56-47)53-44(26-16-4)40-35-50(9,10)59(51(11,12)36-40)63-42-29-23-20-24-30-42/h39-44H,13-38H2,1-12H3,(H2,52,53,54,55,56). The van der Waals surface area contributed by atoms with Crippen LogP contribution in [0.2, 0.25) is 0 Å². The van der Waals surface area contributed by atoms with Crippen LogP contribution < -0.4 is 15.5 Å². The quantitative estimate of drug-likeness (QED) is 0.0721. The van der Waals surface area contributed by atoms with Gasteiger partial charge in [0.25, 0.3) is 0 Å². The highest BCUT2D eigenvalue weighted by atomic mass is 16.7. The van der Waals surface area contributed by atoms with E-state index in [0.717, 1.165) is 103 Å². The third-order valence-electron chi connectivity index (χ3n) is 14.5. The molecule has 0 amide bonds. The summed E-state index contributed by atoms with van der Waals surface area (Å²) in [6, 6.07) is 0.370. The average Bonchev–Trinajstić information content (AvgIpc) is 3.22. The van der Waals surface area contributed by atoms with Gasteiger partial charge >= 0.3 is 0 Å². The number of hydrogen-bond donors (Lipinski definition) is 2. The van der Waals surface area contributed by atoms with Crippen LogP contribution in [-0.4, -0.2) is 98.2 Å². The molecule has 5 rings (SSSR count). The van der Waals surface area contributed by atoms with Gasteiger partial charge in [-0.1, -0.05) is 91.9 Å². The SMILES string of the molecule is CCCCOCN(COCCCC)c1nc(NC(CCC)C2CC(C)(C)N(OC3CCCCC3)C(C)(C)C2)nc(NC(CCC)C2CC(C)(C)N(OC3CCCCC3)C(C)(C)C2)n1. The first kappa shape index (κ1) is 52.1. The molecule has 2 aliphatic heterocycles. The van der Waals surface area contributed by atoms with E-state index in [1.54, 1.807) is 0 Å². The topological polar surface area (TPSA) is 109 Å². The third-order valence-corrected chi connectivity index (χ3v) is 14.5. The molecule has 1 aromatic rings. The second-order valence-electron chi connectivity index (χ2n) is 22.6. The van der Waals surface area contributed by atoms with Gasteiger partial charge in [0.15, 0.2) is 0 Å². The number of anilines is 3. The summed E-state index contributed by atoms with van der Waals surface area (Å²) in [5.74, 6) is 2.64. The average molecular weight is 885 g/mol. The molecular weight excluding hydrogens is 789 g/mol. The fourth-order valence-electron chi connectivity index (χ4n) is 11.9. The van der Waals surface area contributed by atoms with Crippen LogP contribution in [-0.2, 0) is 19.1 Å². The Labute approximate surface area is 385 Å². The van der Waals surface area contributed by atoms with Crippen LogP contribution >= 0.6 is 0 Å². The highest BCUT2D eigenvalue weighted by Crippen LogP contribution is 2.47. The number of hydrogen-bond acceptors (Lipinski definition) is 12. The van der Waals surface area contributed by atoms with Crippen LogP contribution in [0.25, 0.3) is 0 Å². The van der Waals surface area contributed by atoms with E-state index in [-0.39, 0.29) is 34.2 Å². The van der Waals surface area contributed by atoms with E-state index in [1.165, 1.54) is 38.5 Å². The molecule has 2 aliphatic carbocycles. The van der Waals surface area contributed by atoms with Gasteiger partial charge in [0.05, 0.1) is 12.2 Å². The van der Waals surface area contributed by atoms with Gasteiger partial charge in [-0.25, -0.2) is 0 Å². The van der Waals surface area contributed by atoms with Crippen molar-refractivity contribution in [1.29, 1.82) is 0 Å². The lowest BCUT2D eigenvalue weighted by Gasteiger charge is -2.56. The Hall–Kier alpha value is -1.83. The van der Waals surface area contributed by atoms with Crippen molar-refractivity contribution in [3.63, 3.8) is 0 Å². The normalized spacial score (nSPS) is 23.7. The number of ether oxygens (including phenoxy) is 2. The number of aromatic nitrogens is 3. The first-order chi connectivity index (χ1) is 30.0. The van der Waals surface area contributed by atoms with Crippen LogP contribution in [0.1, 0.15) is 224 Å².